The zero-order valence-corrected chi connectivity index (χ0v) is 12.8. The van der Waals surface area contributed by atoms with Gasteiger partial charge in [-0.05, 0) is 36.4 Å². The Morgan fingerprint density at radius 3 is 2.82 bits per heavy atom. The molecule has 22 heavy (non-hydrogen) atoms. The summed E-state index contributed by atoms with van der Waals surface area (Å²) < 4.78 is 0.380. The summed E-state index contributed by atoms with van der Waals surface area (Å²) in [5.41, 5.74) is 1.37. The highest BCUT2D eigenvalue weighted by Crippen LogP contribution is 2.36. The maximum absolute atomic E-state index is 12.5. The van der Waals surface area contributed by atoms with Crippen molar-refractivity contribution in [1.29, 1.82) is 0 Å². The van der Waals surface area contributed by atoms with E-state index in [1.807, 2.05) is 12.1 Å². The number of hydrogen-bond acceptors (Lipinski definition) is 4. The topological polar surface area (TPSA) is 73.4 Å². The van der Waals surface area contributed by atoms with Crippen LogP contribution in [0.4, 0.5) is 5.69 Å². The number of nitrogens with one attached hydrogen (secondary N) is 1. The summed E-state index contributed by atoms with van der Waals surface area (Å²) in [6.45, 7) is 0. The number of hydrogen-bond donors (Lipinski definition) is 2. The molecule has 0 unspecified atom stereocenters. The summed E-state index contributed by atoms with van der Waals surface area (Å²) >= 11 is 6.44. The molecular formula is C15H10N2O3S2. The van der Waals surface area contributed by atoms with Crippen molar-refractivity contribution in [2.75, 3.05) is 4.90 Å². The molecule has 2 N–H and O–H groups in total. The number of rotatable bonds is 3. The number of carbonyl (C=O) groups is 2. The zero-order chi connectivity index (χ0) is 15.7. The molecule has 0 saturated carbocycles. The lowest BCUT2D eigenvalue weighted by Crippen LogP contribution is -2.27. The first-order chi connectivity index (χ1) is 10.6. The number of benzene rings is 1. The molecule has 0 atom stereocenters. The SMILES string of the molecule is O=C(O)c1cccc(N2C(=O)C(=Cc3ccc[nH]3)SC2=S)c1. The van der Waals surface area contributed by atoms with Gasteiger partial charge in [0.25, 0.3) is 5.91 Å². The van der Waals surface area contributed by atoms with Crippen LogP contribution in [-0.2, 0) is 4.79 Å². The average Bonchev–Trinajstić information content (AvgIpc) is 3.08. The Kier molecular flexibility index (Phi) is 3.82. The van der Waals surface area contributed by atoms with E-state index in [2.05, 4.69) is 4.98 Å². The maximum atomic E-state index is 12.5. The monoisotopic (exact) mass is 330 g/mol. The Bertz CT molecular complexity index is 797. The molecule has 1 aliphatic heterocycles. The molecule has 5 nitrogen and oxygen atoms in total. The lowest BCUT2D eigenvalue weighted by atomic mass is 10.2. The van der Waals surface area contributed by atoms with Crippen molar-refractivity contribution in [2.45, 2.75) is 0 Å². The minimum absolute atomic E-state index is 0.111. The fourth-order valence-electron chi connectivity index (χ4n) is 2.04. The Morgan fingerprint density at radius 1 is 1.32 bits per heavy atom. The Morgan fingerprint density at radius 2 is 2.14 bits per heavy atom. The smallest absolute Gasteiger partial charge is 0.335 e. The minimum Gasteiger partial charge on any atom is -0.478 e. The fourth-order valence-corrected chi connectivity index (χ4v) is 3.33. The largest absolute Gasteiger partial charge is 0.478 e. The van der Waals surface area contributed by atoms with Gasteiger partial charge in [0.15, 0.2) is 4.32 Å². The van der Waals surface area contributed by atoms with Crippen LogP contribution in [0.1, 0.15) is 16.1 Å². The Labute approximate surface area is 135 Å². The van der Waals surface area contributed by atoms with Crippen LogP contribution in [0.3, 0.4) is 0 Å². The van der Waals surface area contributed by atoms with E-state index in [1.54, 1.807) is 24.4 Å². The molecule has 0 radical (unpaired) electrons. The van der Waals surface area contributed by atoms with E-state index < -0.39 is 5.97 Å². The number of aromatic carboxylic acids is 1. The average molecular weight is 330 g/mol. The zero-order valence-electron chi connectivity index (χ0n) is 11.1. The van der Waals surface area contributed by atoms with Gasteiger partial charge < -0.3 is 10.1 Å². The second-order valence-electron chi connectivity index (χ2n) is 4.50. The van der Waals surface area contributed by atoms with Gasteiger partial charge in [-0.3, -0.25) is 9.69 Å². The van der Waals surface area contributed by atoms with Crippen LogP contribution in [-0.4, -0.2) is 26.3 Å². The first-order valence-corrected chi connectivity index (χ1v) is 7.53. The van der Waals surface area contributed by atoms with Crippen LogP contribution >= 0.6 is 24.0 Å². The number of amides is 1. The van der Waals surface area contributed by atoms with Gasteiger partial charge in [0, 0.05) is 11.9 Å². The second kappa shape index (κ2) is 5.78. The first-order valence-electron chi connectivity index (χ1n) is 6.31. The molecule has 2 heterocycles. The number of carbonyl (C=O) groups excluding carboxylic acids is 1. The number of thioether (sulfide) groups is 1. The van der Waals surface area contributed by atoms with Crippen molar-refractivity contribution in [1.82, 2.24) is 4.98 Å². The molecule has 3 rings (SSSR count). The van der Waals surface area contributed by atoms with Gasteiger partial charge in [-0.15, -0.1) is 0 Å². The molecule has 0 spiro atoms. The van der Waals surface area contributed by atoms with Gasteiger partial charge >= 0.3 is 5.97 Å². The van der Waals surface area contributed by atoms with Gasteiger partial charge in [0.05, 0.1) is 16.2 Å². The van der Waals surface area contributed by atoms with Crippen molar-refractivity contribution in [3.05, 3.63) is 58.8 Å². The lowest BCUT2D eigenvalue weighted by Gasteiger charge is -2.14. The van der Waals surface area contributed by atoms with Crippen LogP contribution in [0.2, 0.25) is 0 Å². The molecule has 2 aromatic rings. The number of aromatic nitrogens is 1. The summed E-state index contributed by atoms with van der Waals surface area (Å²) in [6, 6.07) is 9.84. The lowest BCUT2D eigenvalue weighted by molar-refractivity contribution is -0.113. The van der Waals surface area contributed by atoms with Crippen LogP contribution in [0.15, 0.2) is 47.5 Å². The summed E-state index contributed by atoms with van der Waals surface area (Å²) in [4.78, 5) is 28.4. The normalized spacial score (nSPS) is 16.5. The molecule has 1 amide bonds. The van der Waals surface area contributed by atoms with Crippen molar-refractivity contribution in [3.63, 3.8) is 0 Å². The van der Waals surface area contributed by atoms with Crippen molar-refractivity contribution >= 4 is 51.9 Å². The van der Waals surface area contributed by atoms with E-state index in [4.69, 9.17) is 17.3 Å². The third kappa shape index (κ3) is 2.68. The predicted molar refractivity (Wildman–Crippen MR) is 89.8 cm³/mol. The summed E-state index contributed by atoms with van der Waals surface area (Å²) in [6.07, 6.45) is 3.49. The summed E-state index contributed by atoms with van der Waals surface area (Å²) in [7, 11) is 0. The number of carboxylic acids is 1. The standard InChI is InChI=1S/C15H10N2O3S2/c18-13-12(8-10-4-2-6-16-10)22-15(21)17(13)11-5-1-3-9(7-11)14(19)20/h1-8,16H,(H,19,20). The third-order valence-electron chi connectivity index (χ3n) is 3.05. The molecule has 1 aromatic heterocycles. The van der Waals surface area contributed by atoms with E-state index in [-0.39, 0.29) is 11.5 Å². The Balaban J connectivity index is 1.95. The highest BCUT2D eigenvalue weighted by atomic mass is 32.2. The van der Waals surface area contributed by atoms with Crippen LogP contribution in [0.5, 0.6) is 0 Å². The molecule has 0 aliphatic carbocycles. The quantitative estimate of drug-likeness (QED) is 0.668. The number of carboxylic acid groups (broad SMARTS) is 1. The molecular weight excluding hydrogens is 320 g/mol. The molecule has 7 heteroatoms. The number of thiocarbonyl (C=S) groups is 1. The highest BCUT2D eigenvalue weighted by molar-refractivity contribution is 8.27. The molecule has 1 aliphatic rings. The van der Waals surface area contributed by atoms with Gasteiger partial charge in [-0.1, -0.05) is 30.0 Å². The molecule has 1 saturated heterocycles. The number of aromatic amines is 1. The number of nitrogens with zero attached hydrogens (tertiary/aromatic N) is 1. The molecule has 1 aromatic carbocycles. The van der Waals surface area contributed by atoms with Crippen molar-refractivity contribution in [2.24, 2.45) is 0 Å². The van der Waals surface area contributed by atoms with E-state index in [9.17, 15) is 9.59 Å². The van der Waals surface area contributed by atoms with E-state index in [1.165, 1.54) is 28.8 Å². The Hall–Kier alpha value is -2.38. The van der Waals surface area contributed by atoms with Gasteiger partial charge in [0.2, 0.25) is 0 Å². The van der Waals surface area contributed by atoms with E-state index in [0.717, 1.165) is 5.69 Å². The summed E-state index contributed by atoms with van der Waals surface area (Å²) in [5.74, 6) is -1.30. The predicted octanol–water partition coefficient (Wildman–Crippen LogP) is 3.12. The van der Waals surface area contributed by atoms with Crippen LogP contribution < -0.4 is 4.90 Å². The number of H-pyrrole nitrogens is 1. The van der Waals surface area contributed by atoms with Crippen molar-refractivity contribution in [3.8, 4) is 0 Å². The van der Waals surface area contributed by atoms with Gasteiger partial charge in [-0.2, -0.15) is 0 Å². The molecule has 1 fully saturated rings. The van der Waals surface area contributed by atoms with Crippen LogP contribution in [0.25, 0.3) is 6.08 Å². The van der Waals surface area contributed by atoms with Crippen LogP contribution in [0, 0.1) is 0 Å². The highest BCUT2D eigenvalue weighted by Gasteiger charge is 2.33. The second-order valence-corrected chi connectivity index (χ2v) is 6.17. The summed E-state index contributed by atoms with van der Waals surface area (Å²) in [5, 5.41) is 9.05. The molecule has 110 valence electrons. The number of anilines is 1. The van der Waals surface area contributed by atoms with Gasteiger partial charge in [-0.25, -0.2) is 4.79 Å². The fraction of sp³-hybridized carbons (Fsp3) is 0. The first kappa shape index (κ1) is 14.6. The van der Waals surface area contributed by atoms with Crippen molar-refractivity contribution < 1.29 is 14.7 Å². The minimum atomic E-state index is -1.05. The van der Waals surface area contributed by atoms with Gasteiger partial charge in [0.1, 0.15) is 0 Å². The molecule has 0 bridgehead atoms. The maximum Gasteiger partial charge on any atom is 0.335 e. The van der Waals surface area contributed by atoms with E-state index >= 15 is 0 Å². The third-order valence-corrected chi connectivity index (χ3v) is 4.36. The van der Waals surface area contributed by atoms with E-state index in [0.29, 0.717) is 14.9 Å².